The minimum atomic E-state index is -0.694. The van der Waals surface area contributed by atoms with Gasteiger partial charge in [0.2, 0.25) is 0 Å². The fraction of sp³-hybridized carbons (Fsp3) is 0.750. The fourth-order valence-electron chi connectivity index (χ4n) is 1.66. The SMILES string of the molecule is COC(=O)OCCN(CCCN=C(N)N)CCCN=C(N)N. The zero-order valence-electron chi connectivity index (χ0n) is 13.0. The zero-order valence-corrected chi connectivity index (χ0v) is 13.0. The Labute approximate surface area is 130 Å². The van der Waals surface area contributed by atoms with Crippen LogP contribution in [0.15, 0.2) is 9.98 Å². The van der Waals surface area contributed by atoms with Gasteiger partial charge < -0.3 is 32.4 Å². The molecule has 0 rings (SSSR count). The van der Waals surface area contributed by atoms with Crippen molar-refractivity contribution in [1.82, 2.24) is 4.90 Å². The van der Waals surface area contributed by atoms with Crippen molar-refractivity contribution in [3.05, 3.63) is 0 Å². The Kier molecular flexibility index (Phi) is 11.2. The molecule has 10 nitrogen and oxygen atoms in total. The van der Waals surface area contributed by atoms with E-state index in [9.17, 15) is 4.79 Å². The third-order valence-corrected chi connectivity index (χ3v) is 2.65. The van der Waals surface area contributed by atoms with Crippen molar-refractivity contribution in [3.63, 3.8) is 0 Å². The monoisotopic (exact) mass is 317 g/mol. The highest BCUT2D eigenvalue weighted by Gasteiger charge is 2.07. The Hall–Kier alpha value is -2.23. The highest BCUT2D eigenvalue weighted by Crippen LogP contribution is 1.97. The third-order valence-electron chi connectivity index (χ3n) is 2.65. The number of nitrogens with two attached hydrogens (primary N) is 4. The van der Waals surface area contributed by atoms with E-state index in [0.717, 1.165) is 25.9 Å². The van der Waals surface area contributed by atoms with E-state index in [0.29, 0.717) is 19.6 Å². The molecule has 0 aromatic heterocycles. The van der Waals surface area contributed by atoms with Crippen LogP contribution in [0, 0.1) is 0 Å². The van der Waals surface area contributed by atoms with Crippen molar-refractivity contribution < 1.29 is 14.3 Å². The number of guanidine groups is 2. The van der Waals surface area contributed by atoms with E-state index in [-0.39, 0.29) is 18.5 Å². The molecule has 0 aliphatic carbocycles. The molecule has 0 aliphatic rings. The Morgan fingerprint density at radius 2 is 1.45 bits per heavy atom. The quantitative estimate of drug-likeness (QED) is 0.153. The van der Waals surface area contributed by atoms with Crippen molar-refractivity contribution in [3.8, 4) is 0 Å². The molecule has 0 saturated carbocycles. The lowest BCUT2D eigenvalue weighted by atomic mass is 10.3. The molecule has 0 atom stereocenters. The standard InChI is InChI=1S/C12H27N7O3/c1-21-12(20)22-9-8-19(6-2-4-17-10(13)14)7-3-5-18-11(15)16/h2-9H2,1H3,(H4,13,14,17)(H4,15,16,18). The van der Waals surface area contributed by atoms with Gasteiger partial charge in [-0.25, -0.2) is 4.79 Å². The molecule has 0 aromatic carbocycles. The number of ether oxygens (including phenoxy) is 2. The van der Waals surface area contributed by atoms with Gasteiger partial charge in [0.1, 0.15) is 6.61 Å². The van der Waals surface area contributed by atoms with Gasteiger partial charge in [0.15, 0.2) is 11.9 Å². The summed E-state index contributed by atoms with van der Waals surface area (Å²) in [6.45, 7) is 3.46. The van der Waals surface area contributed by atoms with Crippen LogP contribution in [0.3, 0.4) is 0 Å². The fourth-order valence-corrected chi connectivity index (χ4v) is 1.66. The molecule has 0 aromatic rings. The van der Waals surface area contributed by atoms with E-state index in [4.69, 9.17) is 27.7 Å². The number of carbonyl (C=O) groups excluding carboxylic acids is 1. The molecule has 22 heavy (non-hydrogen) atoms. The highest BCUT2D eigenvalue weighted by molar-refractivity contribution is 5.75. The maximum Gasteiger partial charge on any atom is 0.508 e. The Morgan fingerprint density at radius 1 is 0.955 bits per heavy atom. The molecule has 8 N–H and O–H groups in total. The van der Waals surface area contributed by atoms with Gasteiger partial charge in [-0.1, -0.05) is 0 Å². The van der Waals surface area contributed by atoms with Crippen LogP contribution in [-0.2, 0) is 9.47 Å². The minimum Gasteiger partial charge on any atom is -0.438 e. The summed E-state index contributed by atoms with van der Waals surface area (Å²) in [5.41, 5.74) is 21.1. The average molecular weight is 317 g/mol. The average Bonchev–Trinajstić information content (AvgIpc) is 2.46. The molecule has 0 unspecified atom stereocenters. The van der Waals surface area contributed by atoms with Crippen molar-refractivity contribution in [2.75, 3.05) is 46.4 Å². The second kappa shape index (κ2) is 12.5. The Balaban J connectivity index is 4.09. The molecule has 0 saturated heterocycles. The number of rotatable bonds is 11. The first kappa shape index (κ1) is 19.8. The molecule has 128 valence electrons. The van der Waals surface area contributed by atoms with Crippen LogP contribution in [0.5, 0.6) is 0 Å². The van der Waals surface area contributed by atoms with Crippen molar-refractivity contribution in [2.24, 2.45) is 32.9 Å². The summed E-state index contributed by atoms with van der Waals surface area (Å²) in [5.74, 6) is 0.154. The van der Waals surface area contributed by atoms with Crippen molar-refractivity contribution in [1.29, 1.82) is 0 Å². The van der Waals surface area contributed by atoms with Crippen LogP contribution in [0.25, 0.3) is 0 Å². The first-order chi connectivity index (χ1) is 10.5. The predicted molar refractivity (Wildman–Crippen MR) is 85.4 cm³/mol. The molecule has 0 fully saturated rings. The summed E-state index contributed by atoms with van der Waals surface area (Å²) in [7, 11) is 1.27. The topological polar surface area (TPSA) is 168 Å². The van der Waals surface area contributed by atoms with E-state index >= 15 is 0 Å². The van der Waals surface area contributed by atoms with Crippen molar-refractivity contribution in [2.45, 2.75) is 12.8 Å². The largest absolute Gasteiger partial charge is 0.508 e. The maximum absolute atomic E-state index is 10.9. The summed E-state index contributed by atoms with van der Waals surface area (Å²) >= 11 is 0. The zero-order chi connectivity index (χ0) is 16.8. The van der Waals surface area contributed by atoms with Gasteiger partial charge in [0, 0.05) is 32.7 Å². The smallest absolute Gasteiger partial charge is 0.438 e. The molecule has 0 amide bonds. The molecular formula is C12H27N7O3. The number of hydrogen-bond acceptors (Lipinski definition) is 6. The Bertz CT molecular complexity index is 342. The lowest BCUT2D eigenvalue weighted by Gasteiger charge is -2.21. The molecule has 0 spiro atoms. The van der Waals surface area contributed by atoms with E-state index in [1.54, 1.807) is 0 Å². The predicted octanol–water partition coefficient (Wildman–Crippen LogP) is -1.60. The van der Waals surface area contributed by atoms with Crippen LogP contribution in [-0.4, -0.2) is 69.4 Å². The van der Waals surface area contributed by atoms with E-state index in [2.05, 4.69) is 19.6 Å². The first-order valence-electron chi connectivity index (χ1n) is 6.99. The van der Waals surface area contributed by atoms with Gasteiger partial charge in [-0.2, -0.15) is 0 Å². The molecule has 0 bridgehead atoms. The summed E-state index contributed by atoms with van der Waals surface area (Å²) < 4.78 is 9.28. The minimum absolute atomic E-state index is 0.0772. The van der Waals surface area contributed by atoms with Gasteiger partial charge in [-0.05, 0) is 12.8 Å². The normalized spacial score (nSPS) is 10.1. The van der Waals surface area contributed by atoms with Gasteiger partial charge in [-0.15, -0.1) is 0 Å². The highest BCUT2D eigenvalue weighted by atomic mass is 16.7. The van der Waals surface area contributed by atoms with Crippen LogP contribution in [0.1, 0.15) is 12.8 Å². The van der Waals surface area contributed by atoms with Crippen LogP contribution in [0.2, 0.25) is 0 Å². The third kappa shape index (κ3) is 12.8. The second-order valence-electron chi connectivity index (χ2n) is 4.46. The van der Waals surface area contributed by atoms with Gasteiger partial charge in [-0.3, -0.25) is 14.9 Å². The van der Waals surface area contributed by atoms with Crippen LogP contribution < -0.4 is 22.9 Å². The lowest BCUT2D eigenvalue weighted by Crippen LogP contribution is -2.32. The number of aliphatic imine (C=N–C) groups is 2. The summed E-state index contributed by atoms with van der Waals surface area (Å²) in [6.07, 6.45) is 0.887. The molecule has 0 radical (unpaired) electrons. The van der Waals surface area contributed by atoms with Crippen LogP contribution >= 0.6 is 0 Å². The maximum atomic E-state index is 10.9. The molecule has 10 heteroatoms. The van der Waals surface area contributed by atoms with Crippen molar-refractivity contribution >= 4 is 18.1 Å². The number of methoxy groups -OCH3 is 1. The van der Waals surface area contributed by atoms with E-state index < -0.39 is 6.16 Å². The number of carbonyl (C=O) groups is 1. The van der Waals surface area contributed by atoms with E-state index in [1.165, 1.54) is 7.11 Å². The van der Waals surface area contributed by atoms with Gasteiger partial charge in [0.25, 0.3) is 0 Å². The van der Waals surface area contributed by atoms with E-state index in [1.807, 2.05) is 0 Å². The summed E-state index contributed by atoms with van der Waals surface area (Å²) in [5, 5.41) is 0. The first-order valence-corrected chi connectivity index (χ1v) is 6.99. The summed E-state index contributed by atoms with van der Waals surface area (Å²) in [6, 6.07) is 0. The number of nitrogens with zero attached hydrogens (tertiary/aromatic N) is 3. The lowest BCUT2D eigenvalue weighted by molar-refractivity contribution is 0.0634. The Morgan fingerprint density at radius 3 is 1.86 bits per heavy atom. The van der Waals surface area contributed by atoms with Crippen LogP contribution in [0.4, 0.5) is 4.79 Å². The summed E-state index contributed by atoms with van der Waals surface area (Å²) in [4.78, 5) is 20.9. The van der Waals surface area contributed by atoms with Gasteiger partial charge in [0.05, 0.1) is 7.11 Å². The molecule has 0 heterocycles. The van der Waals surface area contributed by atoms with Gasteiger partial charge >= 0.3 is 6.16 Å². The molecule has 0 aliphatic heterocycles. The molecular weight excluding hydrogens is 290 g/mol. The number of hydrogen-bond donors (Lipinski definition) is 4. The second-order valence-corrected chi connectivity index (χ2v) is 4.46.